The molecular weight excluding hydrogens is 300 g/mol. The standard InChI is InChI=1S/C15H14N4O2S/c1-10-6-7-11(21-10)8-16-19-14(20)9-22-15-17-12-4-2-3-5-13(12)18-15/h2-8H,9H2,1H3,(H,17,18)(H,19,20)/b16-8-. The van der Waals surface area contributed by atoms with Crippen molar-refractivity contribution in [1.82, 2.24) is 15.4 Å². The zero-order valence-electron chi connectivity index (χ0n) is 11.9. The van der Waals surface area contributed by atoms with Gasteiger partial charge in [-0.1, -0.05) is 23.9 Å². The monoisotopic (exact) mass is 314 g/mol. The average Bonchev–Trinajstić information content (AvgIpc) is 3.11. The predicted octanol–water partition coefficient (Wildman–Crippen LogP) is 2.71. The Hall–Kier alpha value is -2.54. The van der Waals surface area contributed by atoms with Crippen molar-refractivity contribution in [3.8, 4) is 0 Å². The second kappa shape index (κ2) is 6.48. The number of rotatable bonds is 5. The number of H-pyrrole nitrogens is 1. The fourth-order valence-electron chi connectivity index (χ4n) is 1.85. The lowest BCUT2D eigenvalue weighted by Crippen LogP contribution is -2.19. The summed E-state index contributed by atoms with van der Waals surface area (Å²) in [5, 5.41) is 4.56. The van der Waals surface area contributed by atoms with Gasteiger partial charge in [0.15, 0.2) is 5.16 Å². The van der Waals surface area contributed by atoms with Gasteiger partial charge in [0, 0.05) is 0 Å². The maximum absolute atomic E-state index is 11.7. The molecule has 0 aliphatic carbocycles. The van der Waals surface area contributed by atoms with Gasteiger partial charge >= 0.3 is 0 Å². The van der Waals surface area contributed by atoms with Crippen molar-refractivity contribution >= 4 is 34.9 Å². The fourth-order valence-corrected chi connectivity index (χ4v) is 2.53. The number of benzene rings is 1. The molecule has 0 atom stereocenters. The Morgan fingerprint density at radius 1 is 1.41 bits per heavy atom. The molecule has 0 fully saturated rings. The molecule has 0 unspecified atom stereocenters. The van der Waals surface area contributed by atoms with Crippen LogP contribution in [-0.4, -0.2) is 27.8 Å². The van der Waals surface area contributed by atoms with E-state index >= 15 is 0 Å². The zero-order valence-corrected chi connectivity index (χ0v) is 12.7. The van der Waals surface area contributed by atoms with Gasteiger partial charge in [0.05, 0.1) is 23.0 Å². The highest BCUT2D eigenvalue weighted by molar-refractivity contribution is 7.99. The van der Waals surface area contributed by atoms with E-state index in [1.807, 2.05) is 37.3 Å². The number of carbonyl (C=O) groups excluding carboxylic acids is 1. The summed E-state index contributed by atoms with van der Waals surface area (Å²) in [6, 6.07) is 11.4. The highest BCUT2D eigenvalue weighted by Crippen LogP contribution is 2.18. The molecule has 112 valence electrons. The highest BCUT2D eigenvalue weighted by atomic mass is 32.2. The number of hydrogen-bond donors (Lipinski definition) is 2. The van der Waals surface area contributed by atoms with Gasteiger partial charge in [0.2, 0.25) is 0 Å². The Bertz CT molecular complexity index is 789. The summed E-state index contributed by atoms with van der Waals surface area (Å²) in [5.41, 5.74) is 4.29. The van der Waals surface area contributed by atoms with Crippen LogP contribution < -0.4 is 5.43 Å². The van der Waals surface area contributed by atoms with Crippen LogP contribution in [0.2, 0.25) is 0 Å². The number of carbonyl (C=O) groups is 1. The number of nitrogens with zero attached hydrogens (tertiary/aromatic N) is 2. The van der Waals surface area contributed by atoms with E-state index in [0.29, 0.717) is 10.9 Å². The van der Waals surface area contributed by atoms with E-state index in [0.717, 1.165) is 16.8 Å². The number of imidazole rings is 1. The van der Waals surface area contributed by atoms with E-state index in [1.54, 1.807) is 6.07 Å². The van der Waals surface area contributed by atoms with Gasteiger partial charge in [-0.3, -0.25) is 4.79 Å². The molecule has 0 radical (unpaired) electrons. The van der Waals surface area contributed by atoms with Gasteiger partial charge in [-0.15, -0.1) is 0 Å². The summed E-state index contributed by atoms with van der Waals surface area (Å²) in [5.74, 6) is 1.43. The third-order valence-electron chi connectivity index (χ3n) is 2.85. The van der Waals surface area contributed by atoms with E-state index in [1.165, 1.54) is 18.0 Å². The molecule has 0 saturated heterocycles. The summed E-state index contributed by atoms with van der Waals surface area (Å²) < 4.78 is 5.31. The Balaban J connectivity index is 1.50. The number of aromatic amines is 1. The fraction of sp³-hybridized carbons (Fsp3) is 0.133. The summed E-state index contributed by atoms with van der Waals surface area (Å²) in [6.07, 6.45) is 1.47. The number of hydrogen-bond acceptors (Lipinski definition) is 5. The summed E-state index contributed by atoms with van der Waals surface area (Å²) in [7, 11) is 0. The Labute approximate surface area is 131 Å². The van der Waals surface area contributed by atoms with Crippen LogP contribution in [0.3, 0.4) is 0 Å². The second-order valence-electron chi connectivity index (χ2n) is 4.59. The Morgan fingerprint density at radius 2 is 2.27 bits per heavy atom. The normalized spacial score (nSPS) is 11.3. The number of amides is 1. The molecule has 1 aromatic carbocycles. The molecule has 3 rings (SSSR count). The molecule has 2 N–H and O–H groups in total. The first-order valence-electron chi connectivity index (χ1n) is 6.66. The van der Waals surface area contributed by atoms with Crippen LogP contribution in [0.25, 0.3) is 11.0 Å². The van der Waals surface area contributed by atoms with Gasteiger partial charge in [-0.25, -0.2) is 10.4 Å². The van der Waals surface area contributed by atoms with Crippen molar-refractivity contribution < 1.29 is 9.21 Å². The van der Waals surface area contributed by atoms with Crippen LogP contribution in [0.15, 0.2) is 51.1 Å². The second-order valence-corrected chi connectivity index (χ2v) is 5.55. The average molecular weight is 314 g/mol. The summed E-state index contributed by atoms with van der Waals surface area (Å²) in [4.78, 5) is 19.3. The first kappa shape index (κ1) is 14.4. The number of para-hydroxylation sites is 2. The Kier molecular flexibility index (Phi) is 4.24. The molecule has 2 heterocycles. The number of furan rings is 1. The van der Waals surface area contributed by atoms with Crippen LogP contribution in [0.5, 0.6) is 0 Å². The predicted molar refractivity (Wildman–Crippen MR) is 86.0 cm³/mol. The summed E-state index contributed by atoms with van der Waals surface area (Å²) >= 11 is 1.33. The van der Waals surface area contributed by atoms with E-state index in [9.17, 15) is 4.79 Å². The quantitative estimate of drug-likeness (QED) is 0.431. The number of nitrogens with one attached hydrogen (secondary N) is 2. The minimum Gasteiger partial charge on any atom is -0.460 e. The van der Waals surface area contributed by atoms with Crippen molar-refractivity contribution in [3.63, 3.8) is 0 Å². The molecule has 0 aliphatic heterocycles. The zero-order chi connectivity index (χ0) is 15.4. The minimum atomic E-state index is -0.204. The van der Waals surface area contributed by atoms with Crippen LogP contribution in [0.1, 0.15) is 11.5 Å². The molecule has 2 aromatic heterocycles. The number of aromatic nitrogens is 2. The lowest BCUT2D eigenvalue weighted by Gasteiger charge is -1.97. The number of thioether (sulfide) groups is 1. The molecule has 22 heavy (non-hydrogen) atoms. The molecule has 0 saturated carbocycles. The van der Waals surface area contributed by atoms with Crippen LogP contribution in [0, 0.1) is 6.92 Å². The van der Waals surface area contributed by atoms with Gasteiger partial charge in [0.25, 0.3) is 5.91 Å². The highest BCUT2D eigenvalue weighted by Gasteiger charge is 2.06. The first-order valence-corrected chi connectivity index (χ1v) is 7.65. The topological polar surface area (TPSA) is 83.3 Å². The van der Waals surface area contributed by atoms with Crippen molar-refractivity contribution in [2.24, 2.45) is 5.10 Å². The third-order valence-corrected chi connectivity index (χ3v) is 3.72. The Morgan fingerprint density at radius 3 is 3.05 bits per heavy atom. The van der Waals surface area contributed by atoms with Crippen molar-refractivity contribution in [3.05, 3.63) is 47.9 Å². The molecule has 0 spiro atoms. The van der Waals surface area contributed by atoms with Crippen molar-refractivity contribution in [2.75, 3.05) is 5.75 Å². The largest absolute Gasteiger partial charge is 0.460 e. The first-order chi connectivity index (χ1) is 10.7. The van der Waals surface area contributed by atoms with Gasteiger partial charge in [-0.2, -0.15) is 5.10 Å². The molecule has 0 bridgehead atoms. The van der Waals surface area contributed by atoms with E-state index in [2.05, 4.69) is 20.5 Å². The summed E-state index contributed by atoms with van der Waals surface area (Å²) in [6.45, 7) is 1.85. The SMILES string of the molecule is Cc1ccc(/C=N\NC(=O)CSc2nc3ccccc3[nH]2)o1. The lowest BCUT2D eigenvalue weighted by molar-refractivity contribution is -0.118. The molecule has 1 amide bonds. The van der Waals surface area contributed by atoms with Crippen LogP contribution in [-0.2, 0) is 4.79 Å². The van der Waals surface area contributed by atoms with E-state index < -0.39 is 0 Å². The maximum Gasteiger partial charge on any atom is 0.250 e. The number of fused-ring (bicyclic) bond motifs is 1. The number of hydrazone groups is 1. The number of aryl methyl sites for hydroxylation is 1. The van der Waals surface area contributed by atoms with Crippen LogP contribution in [0.4, 0.5) is 0 Å². The van der Waals surface area contributed by atoms with E-state index in [-0.39, 0.29) is 11.7 Å². The molecule has 3 aromatic rings. The van der Waals surface area contributed by atoms with Gasteiger partial charge < -0.3 is 9.40 Å². The van der Waals surface area contributed by atoms with Gasteiger partial charge in [-0.05, 0) is 31.2 Å². The van der Waals surface area contributed by atoms with Crippen molar-refractivity contribution in [2.45, 2.75) is 12.1 Å². The maximum atomic E-state index is 11.7. The van der Waals surface area contributed by atoms with Crippen LogP contribution >= 0.6 is 11.8 Å². The minimum absolute atomic E-state index is 0.204. The molecule has 6 nitrogen and oxygen atoms in total. The van der Waals surface area contributed by atoms with E-state index in [4.69, 9.17) is 4.42 Å². The molecule has 0 aliphatic rings. The smallest absolute Gasteiger partial charge is 0.250 e. The lowest BCUT2D eigenvalue weighted by atomic mass is 10.3. The van der Waals surface area contributed by atoms with Crippen molar-refractivity contribution in [1.29, 1.82) is 0 Å². The molecular formula is C15H14N4O2S. The third kappa shape index (κ3) is 3.56. The molecule has 7 heteroatoms. The van der Waals surface area contributed by atoms with Gasteiger partial charge in [0.1, 0.15) is 11.5 Å².